The molecular formula is C11H10ClFO3. The summed E-state index contributed by atoms with van der Waals surface area (Å²) in [6, 6.07) is 4.08. The minimum absolute atomic E-state index is 0.0109. The third-order valence-electron chi connectivity index (χ3n) is 2.90. The van der Waals surface area contributed by atoms with Gasteiger partial charge in [-0.2, -0.15) is 0 Å². The van der Waals surface area contributed by atoms with Crippen molar-refractivity contribution >= 4 is 17.6 Å². The third-order valence-corrected chi connectivity index (χ3v) is 3.21. The van der Waals surface area contributed by atoms with Crippen molar-refractivity contribution in [1.82, 2.24) is 0 Å². The van der Waals surface area contributed by atoms with Gasteiger partial charge >= 0.3 is 5.97 Å². The normalized spacial score (nSPS) is 24.6. The van der Waals surface area contributed by atoms with E-state index in [0.29, 0.717) is 18.6 Å². The molecule has 1 saturated heterocycles. The highest BCUT2D eigenvalue weighted by Crippen LogP contribution is 2.34. The van der Waals surface area contributed by atoms with E-state index >= 15 is 0 Å². The highest BCUT2D eigenvalue weighted by molar-refractivity contribution is 6.30. The van der Waals surface area contributed by atoms with Crippen molar-refractivity contribution in [3.8, 4) is 0 Å². The summed E-state index contributed by atoms with van der Waals surface area (Å²) in [6.07, 6.45) is 0.351. The summed E-state index contributed by atoms with van der Waals surface area (Å²) in [4.78, 5) is 11.3. The predicted molar refractivity (Wildman–Crippen MR) is 56.2 cm³/mol. The van der Waals surface area contributed by atoms with Crippen molar-refractivity contribution in [2.45, 2.75) is 11.8 Å². The molecule has 0 spiro atoms. The fourth-order valence-electron chi connectivity index (χ4n) is 1.88. The van der Waals surface area contributed by atoms with Gasteiger partial charge < -0.3 is 9.84 Å². The largest absolute Gasteiger partial charge is 0.481 e. The minimum Gasteiger partial charge on any atom is -0.481 e. The summed E-state index contributed by atoms with van der Waals surface area (Å²) in [5.41, 5.74) is -0.731. The highest BCUT2D eigenvalue weighted by Gasteiger charge is 2.44. The molecule has 0 aromatic heterocycles. The van der Waals surface area contributed by atoms with Gasteiger partial charge in [0.05, 0.1) is 11.6 Å². The van der Waals surface area contributed by atoms with Gasteiger partial charge in [0.25, 0.3) is 0 Å². The Balaban J connectivity index is 2.47. The van der Waals surface area contributed by atoms with Crippen molar-refractivity contribution in [3.05, 3.63) is 34.6 Å². The van der Waals surface area contributed by atoms with E-state index in [1.165, 1.54) is 18.2 Å². The highest BCUT2D eigenvalue weighted by atomic mass is 35.5. The monoisotopic (exact) mass is 244 g/mol. The van der Waals surface area contributed by atoms with Crippen LogP contribution in [0.2, 0.25) is 5.02 Å². The van der Waals surface area contributed by atoms with Crippen molar-refractivity contribution in [2.75, 3.05) is 13.2 Å². The van der Waals surface area contributed by atoms with Crippen molar-refractivity contribution < 1.29 is 19.0 Å². The standard InChI is InChI=1S/C11H10ClFO3/c12-8-2-1-7(5-9(8)13)11(10(14)15)3-4-16-6-11/h1-2,5H,3-4,6H2,(H,14,15). The molecule has 1 aromatic carbocycles. The molecule has 0 saturated carbocycles. The maximum atomic E-state index is 13.3. The zero-order chi connectivity index (χ0) is 11.8. The fraction of sp³-hybridized carbons (Fsp3) is 0.364. The molecule has 1 aliphatic rings. The summed E-state index contributed by atoms with van der Waals surface area (Å²) >= 11 is 5.56. The molecule has 0 bridgehead atoms. The summed E-state index contributed by atoms with van der Waals surface area (Å²) in [6.45, 7) is 0.444. The Morgan fingerprint density at radius 2 is 2.31 bits per heavy atom. The molecule has 1 atom stereocenters. The van der Waals surface area contributed by atoms with Crippen LogP contribution in [0, 0.1) is 5.82 Å². The van der Waals surface area contributed by atoms with Crippen LogP contribution in [0.3, 0.4) is 0 Å². The lowest BCUT2D eigenvalue weighted by molar-refractivity contribution is -0.143. The molecule has 5 heteroatoms. The number of halogens is 2. The summed E-state index contributed by atoms with van der Waals surface area (Å²) in [5.74, 6) is -1.60. The van der Waals surface area contributed by atoms with E-state index < -0.39 is 17.2 Å². The van der Waals surface area contributed by atoms with E-state index in [9.17, 15) is 14.3 Å². The Hall–Kier alpha value is -1.13. The topological polar surface area (TPSA) is 46.5 Å². The lowest BCUT2D eigenvalue weighted by atomic mass is 9.80. The molecule has 86 valence electrons. The van der Waals surface area contributed by atoms with Crippen LogP contribution in [0.25, 0.3) is 0 Å². The number of rotatable bonds is 2. The molecule has 1 aliphatic heterocycles. The zero-order valence-electron chi connectivity index (χ0n) is 8.37. The summed E-state index contributed by atoms with van der Waals surface area (Å²) in [7, 11) is 0. The van der Waals surface area contributed by atoms with Gasteiger partial charge in [0.15, 0.2) is 0 Å². The van der Waals surface area contributed by atoms with E-state index in [0.717, 1.165) is 0 Å². The molecule has 1 N–H and O–H groups in total. The van der Waals surface area contributed by atoms with Gasteiger partial charge in [0.1, 0.15) is 11.2 Å². The second-order valence-electron chi connectivity index (χ2n) is 3.82. The van der Waals surface area contributed by atoms with Gasteiger partial charge in [0, 0.05) is 6.61 Å². The zero-order valence-corrected chi connectivity index (χ0v) is 9.13. The van der Waals surface area contributed by atoms with Crippen molar-refractivity contribution in [1.29, 1.82) is 0 Å². The molecule has 1 aromatic rings. The number of hydrogen-bond donors (Lipinski definition) is 1. The Morgan fingerprint density at radius 3 is 2.81 bits per heavy atom. The smallest absolute Gasteiger partial charge is 0.316 e. The van der Waals surface area contributed by atoms with Crippen LogP contribution in [0.5, 0.6) is 0 Å². The minimum atomic E-state index is -1.13. The first-order valence-electron chi connectivity index (χ1n) is 4.83. The number of aliphatic carboxylic acids is 1. The second kappa shape index (κ2) is 4.03. The Bertz CT molecular complexity index is 427. The Morgan fingerprint density at radius 1 is 1.56 bits per heavy atom. The molecule has 16 heavy (non-hydrogen) atoms. The fourth-order valence-corrected chi connectivity index (χ4v) is 2.00. The van der Waals surface area contributed by atoms with E-state index in [1.807, 2.05) is 0 Å². The number of ether oxygens (including phenoxy) is 1. The molecule has 0 radical (unpaired) electrons. The van der Waals surface area contributed by atoms with Gasteiger partial charge in [-0.05, 0) is 24.1 Å². The predicted octanol–water partition coefficient (Wildman–Crippen LogP) is 2.22. The van der Waals surface area contributed by atoms with Crippen LogP contribution in [-0.4, -0.2) is 24.3 Å². The first-order valence-corrected chi connectivity index (χ1v) is 5.21. The van der Waals surface area contributed by atoms with Crippen LogP contribution in [0.15, 0.2) is 18.2 Å². The van der Waals surface area contributed by atoms with E-state index in [-0.39, 0.29) is 11.6 Å². The molecule has 0 amide bonds. The first kappa shape index (κ1) is 11.4. The van der Waals surface area contributed by atoms with Gasteiger partial charge in [-0.15, -0.1) is 0 Å². The molecule has 2 rings (SSSR count). The van der Waals surface area contributed by atoms with Gasteiger partial charge in [-0.1, -0.05) is 17.7 Å². The van der Waals surface area contributed by atoms with Crippen molar-refractivity contribution in [2.24, 2.45) is 0 Å². The number of carboxylic acid groups (broad SMARTS) is 1. The maximum Gasteiger partial charge on any atom is 0.316 e. The average molecular weight is 245 g/mol. The van der Waals surface area contributed by atoms with E-state index in [1.54, 1.807) is 0 Å². The van der Waals surface area contributed by atoms with Crippen LogP contribution in [-0.2, 0) is 14.9 Å². The second-order valence-corrected chi connectivity index (χ2v) is 4.23. The Kier molecular flexibility index (Phi) is 2.86. The summed E-state index contributed by atoms with van der Waals surface area (Å²) < 4.78 is 18.4. The Labute approximate surface area is 96.8 Å². The molecule has 3 nitrogen and oxygen atoms in total. The maximum absolute atomic E-state index is 13.3. The SMILES string of the molecule is O=C(O)C1(c2ccc(Cl)c(F)c2)CCOC1. The number of hydrogen-bond acceptors (Lipinski definition) is 2. The third kappa shape index (κ3) is 1.68. The van der Waals surface area contributed by atoms with E-state index in [4.69, 9.17) is 16.3 Å². The molecule has 1 heterocycles. The molecule has 0 aliphatic carbocycles. The molecule has 1 fully saturated rings. The van der Waals surface area contributed by atoms with Crippen LogP contribution in [0.1, 0.15) is 12.0 Å². The molecule has 1 unspecified atom stereocenters. The first-order chi connectivity index (χ1) is 7.56. The van der Waals surface area contributed by atoms with Crippen LogP contribution < -0.4 is 0 Å². The van der Waals surface area contributed by atoms with Gasteiger partial charge in [0.2, 0.25) is 0 Å². The molecular weight excluding hydrogens is 235 g/mol. The van der Waals surface area contributed by atoms with E-state index in [2.05, 4.69) is 0 Å². The lowest BCUT2D eigenvalue weighted by Gasteiger charge is -2.22. The quantitative estimate of drug-likeness (QED) is 0.868. The number of carboxylic acids is 1. The van der Waals surface area contributed by atoms with Gasteiger partial charge in [-0.25, -0.2) is 4.39 Å². The lowest BCUT2D eigenvalue weighted by Crippen LogP contribution is -2.36. The van der Waals surface area contributed by atoms with Crippen LogP contribution in [0.4, 0.5) is 4.39 Å². The van der Waals surface area contributed by atoms with Crippen molar-refractivity contribution in [3.63, 3.8) is 0 Å². The number of carbonyl (C=O) groups is 1. The van der Waals surface area contributed by atoms with Crippen LogP contribution >= 0.6 is 11.6 Å². The average Bonchev–Trinajstić information content (AvgIpc) is 2.72. The number of benzene rings is 1. The van der Waals surface area contributed by atoms with Gasteiger partial charge in [-0.3, -0.25) is 4.79 Å². The summed E-state index contributed by atoms with van der Waals surface area (Å²) in [5, 5.41) is 9.23.